The number of carbonyl (C=O) groups is 2. The maximum Gasteiger partial charge on any atom is 0.310 e. The lowest BCUT2D eigenvalue weighted by Crippen LogP contribution is -2.36. The molecular formula is C38H58O6S. The Bertz CT molecular complexity index is 1100. The van der Waals surface area contributed by atoms with Gasteiger partial charge in [0, 0.05) is 11.5 Å². The van der Waals surface area contributed by atoms with Gasteiger partial charge in [-0.2, -0.15) is 11.8 Å². The summed E-state index contributed by atoms with van der Waals surface area (Å²) in [5.41, 5.74) is 3.11. The van der Waals surface area contributed by atoms with E-state index in [0.717, 1.165) is 110 Å². The number of aromatic hydroxyl groups is 2. The van der Waals surface area contributed by atoms with Crippen molar-refractivity contribution in [2.45, 2.75) is 131 Å². The minimum Gasteiger partial charge on any atom is -0.507 e. The van der Waals surface area contributed by atoms with Crippen molar-refractivity contribution in [3.63, 3.8) is 0 Å². The summed E-state index contributed by atoms with van der Waals surface area (Å²) in [4.78, 5) is 25.3. The van der Waals surface area contributed by atoms with E-state index >= 15 is 0 Å². The average molecular weight is 643 g/mol. The highest BCUT2D eigenvalue weighted by Crippen LogP contribution is 2.37. The first kappa shape index (κ1) is 38.5. The Labute approximate surface area is 276 Å². The highest BCUT2D eigenvalue weighted by atomic mass is 32.2. The van der Waals surface area contributed by atoms with Crippen LogP contribution in [0.4, 0.5) is 0 Å². The van der Waals surface area contributed by atoms with E-state index in [1.165, 1.54) is 11.8 Å². The van der Waals surface area contributed by atoms with Crippen LogP contribution in [0.3, 0.4) is 0 Å². The van der Waals surface area contributed by atoms with E-state index in [2.05, 4.69) is 27.7 Å². The maximum absolute atomic E-state index is 12.7. The first-order valence-electron chi connectivity index (χ1n) is 17.1. The first-order chi connectivity index (χ1) is 21.3. The van der Waals surface area contributed by atoms with Gasteiger partial charge in [0.15, 0.2) is 0 Å². The Balaban J connectivity index is 2.30. The molecule has 252 valence electrons. The maximum atomic E-state index is 12.7. The number of benzene rings is 2. The van der Waals surface area contributed by atoms with Crippen LogP contribution in [0, 0.1) is 10.8 Å². The first-order valence-corrected chi connectivity index (χ1v) is 18.2. The molecule has 0 amide bonds. The van der Waals surface area contributed by atoms with Gasteiger partial charge in [-0.25, -0.2) is 0 Å². The fourth-order valence-electron chi connectivity index (χ4n) is 5.88. The zero-order valence-electron chi connectivity index (χ0n) is 28.6. The van der Waals surface area contributed by atoms with Crippen molar-refractivity contribution in [2.75, 3.05) is 11.5 Å². The quantitative estimate of drug-likeness (QED) is 0.101. The van der Waals surface area contributed by atoms with Crippen molar-refractivity contribution in [3.8, 4) is 11.5 Å². The molecule has 0 aliphatic heterocycles. The van der Waals surface area contributed by atoms with Crippen LogP contribution in [0.5, 0.6) is 11.5 Å². The molecule has 2 atom stereocenters. The Hall–Kier alpha value is -2.67. The molecule has 0 aromatic heterocycles. The molecule has 7 heteroatoms. The summed E-state index contributed by atoms with van der Waals surface area (Å²) in [6.07, 6.45) is 11.4. The molecule has 0 aliphatic rings. The van der Waals surface area contributed by atoms with Crippen molar-refractivity contribution in [1.29, 1.82) is 0 Å². The van der Waals surface area contributed by atoms with Crippen molar-refractivity contribution in [1.82, 2.24) is 0 Å². The molecule has 45 heavy (non-hydrogen) atoms. The van der Waals surface area contributed by atoms with Crippen molar-refractivity contribution < 1.29 is 30.0 Å². The van der Waals surface area contributed by atoms with E-state index < -0.39 is 22.8 Å². The molecule has 2 rings (SSSR count). The van der Waals surface area contributed by atoms with Gasteiger partial charge in [0.1, 0.15) is 11.5 Å². The van der Waals surface area contributed by atoms with E-state index in [1.54, 1.807) is 13.8 Å². The van der Waals surface area contributed by atoms with Gasteiger partial charge >= 0.3 is 11.9 Å². The van der Waals surface area contributed by atoms with Crippen LogP contribution in [-0.2, 0) is 48.1 Å². The standard InChI is InChI=1S/C38H58O6S/c1-7-11-15-29-19-27(20-30(33(29)39)16-12-8-2)23-37(5,35(41)42)25-45-26-38(6,36(43)44)24-28-21-31(17-13-9-3)34(40)32(22-28)18-14-10-4/h19-22,39-40H,7-18,23-26H2,1-6H3,(H,41,42)(H,43,44). The molecule has 0 fully saturated rings. The van der Waals surface area contributed by atoms with Gasteiger partial charge < -0.3 is 20.4 Å². The normalized spacial score (nSPS) is 14.2. The fourth-order valence-corrected chi connectivity index (χ4v) is 7.33. The SMILES string of the molecule is CCCCc1cc(CC(C)(CSCC(C)(Cc2cc(CCCC)c(O)c(CCCC)c2)C(=O)O)C(=O)O)cc(CCCC)c1O. The largest absolute Gasteiger partial charge is 0.507 e. The van der Waals surface area contributed by atoms with Crippen LogP contribution in [0.25, 0.3) is 0 Å². The van der Waals surface area contributed by atoms with E-state index in [0.29, 0.717) is 24.3 Å². The van der Waals surface area contributed by atoms with Gasteiger partial charge in [-0.05, 0) is 111 Å². The molecule has 2 aromatic rings. The highest BCUT2D eigenvalue weighted by Gasteiger charge is 2.38. The number of thioether (sulfide) groups is 1. The molecule has 0 spiro atoms. The third-order valence-corrected chi connectivity index (χ3v) is 10.6. The number of aliphatic carboxylic acids is 2. The number of phenols is 2. The molecule has 6 nitrogen and oxygen atoms in total. The Morgan fingerprint density at radius 2 is 0.844 bits per heavy atom. The highest BCUT2D eigenvalue weighted by molar-refractivity contribution is 7.99. The van der Waals surface area contributed by atoms with Gasteiger partial charge in [-0.3, -0.25) is 9.59 Å². The molecule has 0 radical (unpaired) electrons. The molecule has 0 saturated heterocycles. The lowest BCUT2D eigenvalue weighted by Gasteiger charge is -2.29. The minimum atomic E-state index is -1.11. The van der Waals surface area contributed by atoms with Crippen LogP contribution in [0.15, 0.2) is 24.3 Å². The number of rotatable bonds is 22. The Kier molecular flexibility index (Phi) is 15.8. The number of phenolic OH excluding ortho intramolecular Hbond substituents is 2. The number of carboxylic acid groups (broad SMARTS) is 2. The number of hydrogen-bond acceptors (Lipinski definition) is 5. The van der Waals surface area contributed by atoms with E-state index in [1.807, 2.05) is 24.3 Å². The molecule has 4 N–H and O–H groups in total. The van der Waals surface area contributed by atoms with Crippen molar-refractivity contribution in [3.05, 3.63) is 57.6 Å². The smallest absolute Gasteiger partial charge is 0.310 e. The van der Waals surface area contributed by atoms with E-state index in [9.17, 15) is 30.0 Å². The third-order valence-electron chi connectivity index (χ3n) is 8.92. The van der Waals surface area contributed by atoms with Crippen molar-refractivity contribution in [2.24, 2.45) is 10.8 Å². The fraction of sp³-hybridized carbons (Fsp3) is 0.632. The molecule has 0 bridgehead atoms. The third kappa shape index (κ3) is 11.3. The Morgan fingerprint density at radius 3 is 1.07 bits per heavy atom. The number of aryl methyl sites for hydroxylation is 4. The number of carboxylic acids is 2. The average Bonchev–Trinajstić information content (AvgIpc) is 2.99. The van der Waals surface area contributed by atoms with E-state index in [4.69, 9.17) is 0 Å². The summed E-state index contributed by atoms with van der Waals surface area (Å²) in [6, 6.07) is 7.85. The Morgan fingerprint density at radius 1 is 0.578 bits per heavy atom. The second kappa shape index (κ2) is 18.5. The zero-order valence-corrected chi connectivity index (χ0v) is 29.5. The van der Waals surface area contributed by atoms with Crippen LogP contribution in [0.1, 0.15) is 126 Å². The molecule has 0 aliphatic carbocycles. The number of unbranched alkanes of at least 4 members (excludes halogenated alkanes) is 4. The predicted octanol–water partition coefficient (Wildman–Crippen LogP) is 9.17. The van der Waals surface area contributed by atoms with Crippen molar-refractivity contribution >= 4 is 23.7 Å². The lowest BCUT2D eigenvalue weighted by molar-refractivity contribution is -0.147. The number of hydrogen-bond donors (Lipinski definition) is 4. The molecule has 0 saturated carbocycles. The van der Waals surface area contributed by atoms with E-state index in [-0.39, 0.29) is 11.5 Å². The summed E-state index contributed by atoms with van der Waals surface area (Å²) in [5.74, 6) is -0.613. The predicted molar refractivity (Wildman–Crippen MR) is 187 cm³/mol. The van der Waals surface area contributed by atoms with Crippen LogP contribution in [0.2, 0.25) is 0 Å². The monoisotopic (exact) mass is 642 g/mol. The molecule has 2 aromatic carbocycles. The van der Waals surface area contributed by atoms with Crippen LogP contribution < -0.4 is 0 Å². The minimum absolute atomic E-state index is 0.264. The van der Waals surface area contributed by atoms with Crippen LogP contribution in [-0.4, -0.2) is 43.9 Å². The second-order valence-electron chi connectivity index (χ2n) is 13.5. The van der Waals surface area contributed by atoms with Gasteiger partial charge in [0.05, 0.1) is 10.8 Å². The molecule has 2 unspecified atom stereocenters. The molecule has 0 heterocycles. The zero-order chi connectivity index (χ0) is 33.6. The topological polar surface area (TPSA) is 115 Å². The van der Waals surface area contributed by atoms with Crippen LogP contribution >= 0.6 is 11.8 Å². The lowest BCUT2D eigenvalue weighted by atomic mass is 9.83. The second-order valence-corrected chi connectivity index (χ2v) is 14.5. The van der Waals surface area contributed by atoms with Gasteiger partial charge in [0.25, 0.3) is 0 Å². The van der Waals surface area contributed by atoms with Gasteiger partial charge in [-0.1, -0.05) is 77.6 Å². The summed E-state index contributed by atoms with van der Waals surface area (Å²) in [5, 5.41) is 42.6. The summed E-state index contributed by atoms with van der Waals surface area (Å²) in [7, 11) is 0. The van der Waals surface area contributed by atoms with Gasteiger partial charge in [0.2, 0.25) is 0 Å². The summed E-state index contributed by atoms with van der Waals surface area (Å²) in [6.45, 7) is 11.9. The summed E-state index contributed by atoms with van der Waals surface area (Å²) >= 11 is 1.38. The van der Waals surface area contributed by atoms with Gasteiger partial charge in [-0.15, -0.1) is 0 Å². The summed E-state index contributed by atoms with van der Waals surface area (Å²) < 4.78 is 0. The molecular weight excluding hydrogens is 584 g/mol.